The van der Waals surface area contributed by atoms with Crippen LogP contribution < -0.4 is 11.1 Å². The lowest BCUT2D eigenvalue weighted by Crippen LogP contribution is -2.20. The molecule has 100 valence electrons. The maximum absolute atomic E-state index is 5.88. The van der Waals surface area contributed by atoms with Crippen molar-refractivity contribution >= 4 is 5.69 Å². The Balaban J connectivity index is 2.15. The highest BCUT2D eigenvalue weighted by atomic mass is 16.5. The van der Waals surface area contributed by atoms with Gasteiger partial charge in [0.2, 0.25) is 0 Å². The average Bonchev–Trinajstić information content (AvgIpc) is 2.46. The third-order valence-electron chi connectivity index (χ3n) is 3.01. The van der Waals surface area contributed by atoms with Crippen LogP contribution in [0.1, 0.15) is 17.2 Å². The fourth-order valence-electron chi connectivity index (χ4n) is 2.08. The molecule has 0 aliphatic rings. The van der Waals surface area contributed by atoms with E-state index in [0.29, 0.717) is 13.2 Å². The summed E-state index contributed by atoms with van der Waals surface area (Å²) in [5.41, 5.74) is 9.30. The molecule has 0 aliphatic heterocycles. The molecule has 0 fully saturated rings. The summed E-state index contributed by atoms with van der Waals surface area (Å²) in [6, 6.07) is 18.5. The lowest BCUT2D eigenvalue weighted by atomic mass is 10.0. The summed E-state index contributed by atoms with van der Waals surface area (Å²) in [7, 11) is 1.70. The van der Waals surface area contributed by atoms with Crippen LogP contribution in [0.2, 0.25) is 0 Å². The second-order valence-corrected chi connectivity index (χ2v) is 4.48. The van der Waals surface area contributed by atoms with Gasteiger partial charge in [0.15, 0.2) is 0 Å². The van der Waals surface area contributed by atoms with Crippen molar-refractivity contribution in [2.24, 2.45) is 5.73 Å². The fraction of sp³-hybridized carbons (Fsp3) is 0.250. The molecule has 0 spiro atoms. The van der Waals surface area contributed by atoms with Crippen molar-refractivity contribution < 1.29 is 4.74 Å². The van der Waals surface area contributed by atoms with E-state index in [1.165, 1.54) is 5.56 Å². The van der Waals surface area contributed by atoms with E-state index in [4.69, 9.17) is 10.5 Å². The number of ether oxygens (including phenoxy) is 1. The van der Waals surface area contributed by atoms with E-state index in [0.717, 1.165) is 11.3 Å². The van der Waals surface area contributed by atoms with E-state index in [2.05, 4.69) is 23.5 Å². The Bertz CT molecular complexity index is 499. The van der Waals surface area contributed by atoms with Gasteiger partial charge in [-0.3, -0.25) is 0 Å². The van der Waals surface area contributed by atoms with Crippen LogP contribution >= 0.6 is 0 Å². The summed E-state index contributed by atoms with van der Waals surface area (Å²) >= 11 is 0. The van der Waals surface area contributed by atoms with Crippen LogP contribution in [0, 0.1) is 0 Å². The van der Waals surface area contributed by atoms with Crippen LogP contribution in [0.4, 0.5) is 5.69 Å². The topological polar surface area (TPSA) is 47.3 Å². The van der Waals surface area contributed by atoms with Gasteiger partial charge in [0.05, 0.1) is 12.6 Å². The summed E-state index contributed by atoms with van der Waals surface area (Å²) in [5.74, 6) is 0. The zero-order chi connectivity index (χ0) is 13.5. The lowest BCUT2D eigenvalue weighted by Gasteiger charge is -2.19. The zero-order valence-corrected chi connectivity index (χ0v) is 11.2. The van der Waals surface area contributed by atoms with E-state index in [1.54, 1.807) is 7.11 Å². The Morgan fingerprint density at radius 1 is 1.11 bits per heavy atom. The molecule has 0 bridgehead atoms. The maximum atomic E-state index is 5.88. The summed E-state index contributed by atoms with van der Waals surface area (Å²) in [4.78, 5) is 0. The second kappa shape index (κ2) is 6.92. The molecule has 3 heteroatoms. The van der Waals surface area contributed by atoms with E-state index in [-0.39, 0.29) is 6.04 Å². The standard InChI is InChI=1S/C16H20N2O/c1-19-12-13-6-5-7-14(10-13)16(11-17)18-15-8-3-2-4-9-15/h2-10,16,18H,11-12,17H2,1H3. The number of hydrogen-bond donors (Lipinski definition) is 2. The summed E-state index contributed by atoms with van der Waals surface area (Å²) < 4.78 is 5.16. The molecule has 0 aromatic heterocycles. The first-order valence-electron chi connectivity index (χ1n) is 6.43. The molecule has 0 saturated heterocycles. The first kappa shape index (κ1) is 13.6. The minimum atomic E-state index is 0.110. The summed E-state index contributed by atoms with van der Waals surface area (Å²) in [6.07, 6.45) is 0. The maximum Gasteiger partial charge on any atom is 0.0713 e. The number of anilines is 1. The number of benzene rings is 2. The first-order valence-corrected chi connectivity index (χ1v) is 6.43. The zero-order valence-electron chi connectivity index (χ0n) is 11.2. The Kier molecular flexibility index (Phi) is 4.95. The highest BCUT2D eigenvalue weighted by molar-refractivity contribution is 5.45. The van der Waals surface area contributed by atoms with Gasteiger partial charge in [0.25, 0.3) is 0 Å². The van der Waals surface area contributed by atoms with Gasteiger partial charge >= 0.3 is 0 Å². The van der Waals surface area contributed by atoms with Crippen LogP contribution in [-0.4, -0.2) is 13.7 Å². The van der Waals surface area contributed by atoms with Crippen LogP contribution in [0.25, 0.3) is 0 Å². The third-order valence-corrected chi connectivity index (χ3v) is 3.01. The molecule has 0 amide bonds. The number of para-hydroxylation sites is 1. The number of nitrogens with one attached hydrogen (secondary N) is 1. The average molecular weight is 256 g/mol. The molecule has 3 nitrogen and oxygen atoms in total. The van der Waals surface area contributed by atoms with E-state index >= 15 is 0 Å². The Morgan fingerprint density at radius 2 is 1.89 bits per heavy atom. The van der Waals surface area contributed by atoms with Crippen molar-refractivity contribution in [1.82, 2.24) is 0 Å². The predicted octanol–water partition coefficient (Wildman–Crippen LogP) is 2.94. The molecule has 2 aromatic rings. The van der Waals surface area contributed by atoms with Gasteiger partial charge in [0, 0.05) is 19.3 Å². The molecule has 2 aromatic carbocycles. The van der Waals surface area contributed by atoms with Crippen molar-refractivity contribution in [3.8, 4) is 0 Å². The van der Waals surface area contributed by atoms with Gasteiger partial charge in [-0.05, 0) is 23.3 Å². The molecule has 0 heterocycles. The van der Waals surface area contributed by atoms with Crippen molar-refractivity contribution in [1.29, 1.82) is 0 Å². The Hall–Kier alpha value is -1.84. The van der Waals surface area contributed by atoms with E-state index in [1.807, 2.05) is 36.4 Å². The largest absolute Gasteiger partial charge is 0.380 e. The quantitative estimate of drug-likeness (QED) is 0.835. The molecule has 1 atom stereocenters. The molecular weight excluding hydrogens is 236 g/mol. The molecule has 0 radical (unpaired) electrons. The minimum absolute atomic E-state index is 0.110. The van der Waals surface area contributed by atoms with Gasteiger partial charge in [0.1, 0.15) is 0 Å². The molecule has 0 saturated carbocycles. The van der Waals surface area contributed by atoms with Gasteiger partial charge in [-0.25, -0.2) is 0 Å². The molecule has 2 rings (SSSR count). The lowest BCUT2D eigenvalue weighted by molar-refractivity contribution is 0.185. The molecule has 3 N–H and O–H groups in total. The molecule has 19 heavy (non-hydrogen) atoms. The SMILES string of the molecule is COCc1cccc(C(CN)Nc2ccccc2)c1. The van der Waals surface area contributed by atoms with Crippen molar-refractivity contribution in [3.05, 3.63) is 65.7 Å². The monoisotopic (exact) mass is 256 g/mol. The van der Waals surface area contributed by atoms with Crippen LogP contribution in [0.5, 0.6) is 0 Å². The fourth-order valence-corrected chi connectivity index (χ4v) is 2.08. The normalized spacial score (nSPS) is 12.1. The van der Waals surface area contributed by atoms with Crippen LogP contribution in [-0.2, 0) is 11.3 Å². The Labute approximate surface area is 114 Å². The summed E-state index contributed by atoms with van der Waals surface area (Å²) in [5, 5.41) is 3.45. The highest BCUT2D eigenvalue weighted by Crippen LogP contribution is 2.19. The first-order chi connectivity index (χ1) is 9.33. The molecular formula is C16H20N2O. The number of nitrogens with two attached hydrogens (primary N) is 1. The third kappa shape index (κ3) is 3.81. The summed E-state index contributed by atoms with van der Waals surface area (Å²) in [6.45, 7) is 1.17. The van der Waals surface area contributed by atoms with E-state index < -0.39 is 0 Å². The van der Waals surface area contributed by atoms with Gasteiger partial charge in [-0.15, -0.1) is 0 Å². The second-order valence-electron chi connectivity index (χ2n) is 4.48. The van der Waals surface area contributed by atoms with Crippen molar-refractivity contribution in [3.63, 3.8) is 0 Å². The highest BCUT2D eigenvalue weighted by Gasteiger charge is 2.09. The van der Waals surface area contributed by atoms with Crippen molar-refractivity contribution in [2.45, 2.75) is 12.6 Å². The van der Waals surface area contributed by atoms with Gasteiger partial charge < -0.3 is 15.8 Å². The minimum Gasteiger partial charge on any atom is -0.380 e. The predicted molar refractivity (Wildman–Crippen MR) is 79.0 cm³/mol. The number of methoxy groups -OCH3 is 1. The van der Waals surface area contributed by atoms with Crippen LogP contribution in [0.15, 0.2) is 54.6 Å². The van der Waals surface area contributed by atoms with Gasteiger partial charge in [-0.1, -0.05) is 42.5 Å². The van der Waals surface area contributed by atoms with Gasteiger partial charge in [-0.2, -0.15) is 0 Å². The van der Waals surface area contributed by atoms with E-state index in [9.17, 15) is 0 Å². The smallest absolute Gasteiger partial charge is 0.0713 e. The molecule has 1 unspecified atom stereocenters. The van der Waals surface area contributed by atoms with Crippen molar-refractivity contribution in [2.75, 3.05) is 19.0 Å². The Morgan fingerprint density at radius 3 is 2.58 bits per heavy atom. The number of rotatable bonds is 6. The molecule has 0 aliphatic carbocycles. The van der Waals surface area contributed by atoms with Crippen LogP contribution in [0.3, 0.4) is 0 Å². The number of hydrogen-bond acceptors (Lipinski definition) is 3.